The second-order valence-corrected chi connectivity index (χ2v) is 4.82. The summed E-state index contributed by atoms with van der Waals surface area (Å²) in [6, 6.07) is 6.32. The first-order valence-electron chi connectivity index (χ1n) is 4.79. The number of hydrogen-bond acceptors (Lipinski definition) is 3. The van der Waals surface area contributed by atoms with E-state index in [0.29, 0.717) is 10.6 Å². The highest BCUT2D eigenvalue weighted by molar-refractivity contribution is 7.85. The van der Waals surface area contributed by atoms with Crippen LogP contribution in [0.5, 0.6) is 0 Å². The van der Waals surface area contributed by atoms with Gasteiger partial charge < -0.3 is 9.84 Å². The van der Waals surface area contributed by atoms with Crippen molar-refractivity contribution in [2.45, 2.75) is 17.9 Å². The molecule has 0 saturated carbocycles. The van der Waals surface area contributed by atoms with E-state index in [9.17, 15) is 9.00 Å². The summed E-state index contributed by atoms with van der Waals surface area (Å²) >= 11 is 0. The van der Waals surface area contributed by atoms with Crippen LogP contribution in [0.1, 0.15) is 17.3 Å². The Kier molecular flexibility index (Phi) is 4.64. The third-order valence-corrected chi connectivity index (χ3v) is 3.77. The van der Waals surface area contributed by atoms with Gasteiger partial charge in [0, 0.05) is 7.11 Å². The zero-order valence-electron chi connectivity index (χ0n) is 9.17. The Balaban J connectivity index is 2.95. The first kappa shape index (κ1) is 12.9. The predicted octanol–water partition coefficient (Wildman–Crippen LogP) is 1.53. The van der Waals surface area contributed by atoms with Gasteiger partial charge in [-0.1, -0.05) is 12.1 Å². The minimum Gasteiger partial charge on any atom is -0.478 e. The Morgan fingerprint density at radius 1 is 1.50 bits per heavy atom. The van der Waals surface area contributed by atoms with Crippen molar-refractivity contribution in [1.82, 2.24) is 0 Å². The van der Waals surface area contributed by atoms with Crippen LogP contribution in [0.4, 0.5) is 0 Å². The molecule has 2 atom stereocenters. The van der Waals surface area contributed by atoms with Gasteiger partial charge in [-0.05, 0) is 19.1 Å². The molecule has 88 valence electrons. The molecule has 0 spiro atoms. The van der Waals surface area contributed by atoms with E-state index in [4.69, 9.17) is 9.84 Å². The monoisotopic (exact) mass is 242 g/mol. The van der Waals surface area contributed by atoms with Crippen LogP contribution in [0, 0.1) is 0 Å². The van der Waals surface area contributed by atoms with Crippen molar-refractivity contribution in [2.75, 3.05) is 12.9 Å². The molecule has 0 saturated heterocycles. The van der Waals surface area contributed by atoms with Crippen LogP contribution in [0.25, 0.3) is 0 Å². The fraction of sp³-hybridized carbons (Fsp3) is 0.364. The minimum absolute atomic E-state index is 0.0872. The lowest BCUT2D eigenvalue weighted by Gasteiger charge is -2.10. The van der Waals surface area contributed by atoms with Crippen LogP contribution in [0.15, 0.2) is 29.2 Å². The lowest BCUT2D eigenvalue weighted by molar-refractivity contribution is 0.0692. The highest BCUT2D eigenvalue weighted by Gasteiger charge is 2.16. The lowest BCUT2D eigenvalue weighted by Crippen LogP contribution is -2.17. The fourth-order valence-corrected chi connectivity index (χ4v) is 2.59. The van der Waals surface area contributed by atoms with Gasteiger partial charge in [0.2, 0.25) is 0 Å². The molecular weight excluding hydrogens is 228 g/mol. The van der Waals surface area contributed by atoms with Gasteiger partial charge in [-0.2, -0.15) is 0 Å². The van der Waals surface area contributed by atoms with Crippen LogP contribution in [0.3, 0.4) is 0 Å². The number of carboxylic acids is 1. The molecule has 1 rings (SSSR count). The van der Waals surface area contributed by atoms with Gasteiger partial charge in [-0.25, -0.2) is 4.79 Å². The average molecular weight is 242 g/mol. The lowest BCUT2D eigenvalue weighted by atomic mass is 10.2. The van der Waals surface area contributed by atoms with E-state index in [1.807, 2.05) is 0 Å². The largest absolute Gasteiger partial charge is 0.478 e. The molecule has 0 heterocycles. The van der Waals surface area contributed by atoms with E-state index < -0.39 is 16.8 Å². The topological polar surface area (TPSA) is 63.6 Å². The Morgan fingerprint density at radius 2 is 2.12 bits per heavy atom. The van der Waals surface area contributed by atoms with E-state index in [1.165, 1.54) is 13.2 Å². The molecule has 4 nitrogen and oxygen atoms in total. The normalized spacial score (nSPS) is 14.4. The number of ether oxygens (including phenoxy) is 1. The number of carboxylic acid groups (broad SMARTS) is 1. The van der Waals surface area contributed by atoms with E-state index in [0.717, 1.165) is 0 Å². The molecule has 0 radical (unpaired) electrons. The maximum atomic E-state index is 11.9. The third kappa shape index (κ3) is 3.15. The molecule has 0 aliphatic heterocycles. The van der Waals surface area contributed by atoms with E-state index in [2.05, 4.69) is 0 Å². The highest BCUT2D eigenvalue weighted by Crippen LogP contribution is 2.14. The Bertz CT molecular complexity index is 403. The van der Waals surface area contributed by atoms with Gasteiger partial charge >= 0.3 is 5.97 Å². The van der Waals surface area contributed by atoms with Crippen LogP contribution in [-0.4, -0.2) is 34.3 Å². The molecule has 1 aromatic rings. The van der Waals surface area contributed by atoms with Crippen molar-refractivity contribution in [3.63, 3.8) is 0 Å². The van der Waals surface area contributed by atoms with Gasteiger partial charge in [0.15, 0.2) is 0 Å². The quantitative estimate of drug-likeness (QED) is 0.850. The number of carbonyl (C=O) groups is 1. The summed E-state index contributed by atoms with van der Waals surface area (Å²) in [6.45, 7) is 1.79. The van der Waals surface area contributed by atoms with Gasteiger partial charge in [0.05, 0.1) is 33.1 Å². The summed E-state index contributed by atoms with van der Waals surface area (Å²) in [4.78, 5) is 11.3. The molecular formula is C11H14O4S. The first-order valence-corrected chi connectivity index (χ1v) is 6.11. The molecule has 1 N–H and O–H groups in total. The average Bonchev–Trinajstić information content (AvgIpc) is 2.28. The van der Waals surface area contributed by atoms with Gasteiger partial charge in [-0.15, -0.1) is 0 Å². The summed E-state index contributed by atoms with van der Waals surface area (Å²) in [7, 11) is 0.181. The fourth-order valence-electron chi connectivity index (χ4n) is 1.21. The highest BCUT2D eigenvalue weighted by atomic mass is 32.2. The third-order valence-electron chi connectivity index (χ3n) is 2.15. The Morgan fingerprint density at radius 3 is 2.69 bits per heavy atom. The number of rotatable bonds is 5. The van der Waals surface area contributed by atoms with Crippen LogP contribution < -0.4 is 0 Å². The summed E-state index contributed by atoms with van der Waals surface area (Å²) in [6.07, 6.45) is -0.164. The van der Waals surface area contributed by atoms with Gasteiger partial charge in [0.1, 0.15) is 0 Å². The maximum Gasteiger partial charge on any atom is 0.336 e. The number of aromatic carboxylic acids is 1. The van der Waals surface area contributed by atoms with Crippen LogP contribution in [-0.2, 0) is 15.5 Å². The molecule has 16 heavy (non-hydrogen) atoms. The molecule has 0 fully saturated rings. The molecule has 0 aromatic heterocycles. The summed E-state index contributed by atoms with van der Waals surface area (Å²) in [5.41, 5.74) is 0.0872. The second-order valence-electron chi connectivity index (χ2n) is 3.36. The van der Waals surface area contributed by atoms with Gasteiger partial charge in [-0.3, -0.25) is 4.21 Å². The van der Waals surface area contributed by atoms with Crippen LogP contribution >= 0.6 is 0 Å². The summed E-state index contributed by atoms with van der Waals surface area (Å²) in [5.74, 6) is -0.769. The van der Waals surface area contributed by atoms with E-state index in [1.54, 1.807) is 25.1 Å². The summed E-state index contributed by atoms with van der Waals surface area (Å²) in [5, 5.41) is 8.94. The van der Waals surface area contributed by atoms with Gasteiger partial charge in [0.25, 0.3) is 0 Å². The van der Waals surface area contributed by atoms with Crippen molar-refractivity contribution >= 4 is 16.8 Å². The van der Waals surface area contributed by atoms with Crippen molar-refractivity contribution in [3.8, 4) is 0 Å². The van der Waals surface area contributed by atoms with Crippen molar-refractivity contribution in [3.05, 3.63) is 29.8 Å². The van der Waals surface area contributed by atoms with E-state index in [-0.39, 0.29) is 11.7 Å². The van der Waals surface area contributed by atoms with E-state index >= 15 is 0 Å². The van der Waals surface area contributed by atoms with Crippen molar-refractivity contribution in [2.24, 2.45) is 0 Å². The minimum atomic E-state index is -1.35. The number of hydrogen-bond donors (Lipinski definition) is 1. The molecule has 0 aliphatic rings. The first-order chi connectivity index (χ1) is 7.56. The predicted molar refractivity (Wildman–Crippen MR) is 61.1 cm³/mol. The smallest absolute Gasteiger partial charge is 0.336 e. The molecule has 2 unspecified atom stereocenters. The SMILES string of the molecule is COC(C)CS(=O)c1ccccc1C(=O)O. The second kappa shape index (κ2) is 5.77. The summed E-state index contributed by atoms with van der Waals surface area (Å²) < 4.78 is 16.9. The number of benzene rings is 1. The standard InChI is InChI=1S/C11H14O4S/c1-8(15-2)7-16(14)10-6-4-3-5-9(10)11(12)13/h3-6,8H,7H2,1-2H3,(H,12,13). The molecule has 0 bridgehead atoms. The van der Waals surface area contributed by atoms with Crippen molar-refractivity contribution < 1.29 is 18.8 Å². The molecule has 0 aliphatic carbocycles. The Labute approximate surface area is 96.7 Å². The van der Waals surface area contributed by atoms with Crippen LogP contribution in [0.2, 0.25) is 0 Å². The maximum absolute atomic E-state index is 11.9. The molecule has 5 heteroatoms. The Hall–Kier alpha value is -1.20. The molecule has 0 amide bonds. The zero-order chi connectivity index (χ0) is 12.1. The van der Waals surface area contributed by atoms with Crippen molar-refractivity contribution in [1.29, 1.82) is 0 Å². The molecule has 1 aromatic carbocycles. The number of methoxy groups -OCH3 is 1. The zero-order valence-corrected chi connectivity index (χ0v) is 9.99.